The minimum absolute atomic E-state index is 0.414. The van der Waals surface area contributed by atoms with Crippen LogP contribution in [0.1, 0.15) is 19.8 Å². The summed E-state index contributed by atoms with van der Waals surface area (Å²) in [5.74, 6) is 4.46. The fourth-order valence-electron chi connectivity index (χ4n) is 1.50. The summed E-state index contributed by atoms with van der Waals surface area (Å²) >= 11 is 3.84. The highest BCUT2D eigenvalue weighted by atomic mass is 32.2. The third-order valence-electron chi connectivity index (χ3n) is 2.38. The Balaban J connectivity index is 1.92. The number of thioether (sulfide) groups is 2. The van der Waals surface area contributed by atoms with E-state index >= 15 is 0 Å². The molecule has 0 spiro atoms. The zero-order chi connectivity index (χ0) is 10.3. The first-order valence-corrected chi connectivity index (χ1v) is 7.66. The molecule has 0 bridgehead atoms. The van der Waals surface area contributed by atoms with Crippen molar-refractivity contribution in [3.05, 3.63) is 0 Å². The van der Waals surface area contributed by atoms with Crippen LogP contribution in [0.2, 0.25) is 0 Å². The van der Waals surface area contributed by atoms with Gasteiger partial charge in [-0.1, -0.05) is 6.92 Å². The van der Waals surface area contributed by atoms with Crippen molar-refractivity contribution in [2.75, 3.05) is 36.1 Å². The highest BCUT2D eigenvalue weighted by Gasteiger charge is 2.30. The van der Waals surface area contributed by atoms with Crippen LogP contribution in [0.15, 0.2) is 0 Å². The van der Waals surface area contributed by atoms with E-state index in [0.29, 0.717) is 0 Å². The molecule has 1 unspecified atom stereocenters. The summed E-state index contributed by atoms with van der Waals surface area (Å²) in [6.45, 7) is 4.01. The minimum atomic E-state index is -0.414. The van der Waals surface area contributed by atoms with Gasteiger partial charge in [-0.15, -0.1) is 0 Å². The number of aliphatic hydroxyl groups is 1. The van der Waals surface area contributed by atoms with Crippen molar-refractivity contribution in [1.29, 1.82) is 0 Å². The molecule has 0 aromatic carbocycles. The predicted molar refractivity (Wildman–Crippen MR) is 67.4 cm³/mol. The van der Waals surface area contributed by atoms with E-state index in [-0.39, 0.29) is 0 Å². The maximum absolute atomic E-state index is 10.0. The van der Waals surface area contributed by atoms with Crippen molar-refractivity contribution < 1.29 is 5.11 Å². The summed E-state index contributed by atoms with van der Waals surface area (Å²) in [7, 11) is 0. The summed E-state index contributed by atoms with van der Waals surface area (Å²) in [5, 5.41) is 13.4. The van der Waals surface area contributed by atoms with Gasteiger partial charge in [-0.25, -0.2) is 0 Å². The van der Waals surface area contributed by atoms with Crippen molar-refractivity contribution in [2.45, 2.75) is 25.4 Å². The Bertz CT molecular complexity index is 149. The Morgan fingerprint density at radius 1 is 1.57 bits per heavy atom. The largest absolute Gasteiger partial charge is 0.388 e. The average Bonchev–Trinajstić information content (AvgIpc) is 2.59. The molecular weight excluding hydrogens is 214 g/mol. The Hall–Kier alpha value is 0.620. The van der Waals surface area contributed by atoms with Gasteiger partial charge in [0.25, 0.3) is 0 Å². The van der Waals surface area contributed by atoms with E-state index < -0.39 is 5.60 Å². The van der Waals surface area contributed by atoms with Crippen molar-refractivity contribution >= 4 is 23.5 Å². The molecule has 1 heterocycles. The molecule has 4 heteroatoms. The van der Waals surface area contributed by atoms with Crippen LogP contribution in [0.3, 0.4) is 0 Å². The lowest BCUT2D eigenvalue weighted by Gasteiger charge is -2.21. The summed E-state index contributed by atoms with van der Waals surface area (Å²) < 4.78 is 0. The van der Waals surface area contributed by atoms with Crippen LogP contribution in [-0.2, 0) is 0 Å². The van der Waals surface area contributed by atoms with Crippen LogP contribution >= 0.6 is 23.5 Å². The topological polar surface area (TPSA) is 32.3 Å². The third-order valence-corrected chi connectivity index (χ3v) is 4.60. The zero-order valence-corrected chi connectivity index (χ0v) is 10.6. The van der Waals surface area contributed by atoms with E-state index in [9.17, 15) is 5.11 Å². The lowest BCUT2D eigenvalue weighted by molar-refractivity contribution is 0.0680. The molecule has 2 nitrogen and oxygen atoms in total. The standard InChI is InChI=1S/C10H21NOS2/c1-2-13-6-3-5-11-8-10(12)4-7-14-9-10/h11-12H,2-9H2,1H3. The maximum Gasteiger partial charge on any atom is 0.0869 e. The van der Waals surface area contributed by atoms with E-state index in [1.807, 2.05) is 23.5 Å². The minimum Gasteiger partial charge on any atom is -0.388 e. The average molecular weight is 235 g/mol. The normalized spacial score (nSPS) is 27.0. The molecule has 1 fully saturated rings. The molecule has 1 saturated heterocycles. The highest BCUT2D eigenvalue weighted by Crippen LogP contribution is 2.26. The monoisotopic (exact) mass is 235 g/mol. The number of hydrogen-bond acceptors (Lipinski definition) is 4. The van der Waals surface area contributed by atoms with Crippen molar-refractivity contribution in [1.82, 2.24) is 5.32 Å². The first kappa shape index (κ1) is 12.7. The SMILES string of the molecule is CCSCCCNCC1(O)CCSC1. The van der Waals surface area contributed by atoms with E-state index in [2.05, 4.69) is 12.2 Å². The second kappa shape index (κ2) is 6.99. The molecule has 2 N–H and O–H groups in total. The molecular formula is C10H21NOS2. The predicted octanol–water partition coefficient (Wildman–Crippen LogP) is 1.59. The van der Waals surface area contributed by atoms with Crippen LogP contribution in [-0.4, -0.2) is 46.8 Å². The van der Waals surface area contributed by atoms with Gasteiger partial charge in [0.15, 0.2) is 0 Å². The van der Waals surface area contributed by atoms with E-state index in [1.165, 1.54) is 17.9 Å². The molecule has 0 aliphatic carbocycles. The molecule has 0 amide bonds. The van der Waals surface area contributed by atoms with Gasteiger partial charge in [0.05, 0.1) is 5.60 Å². The smallest absolute Gasteiger partial charge is 0.0869 e. The van der Waals surface area contributed by atoms with Gasteiger partial charge in [0.2, 0.25) is 0 Å². The van der Waals surface area contributed by atoms with E-state index in [1.54, 1.807) is 0 Å². The molecule has 1 atom stereocenters. The van der Waals surface area contributed by atoms with E-state index in [0.717, 1.165) is 31.0 Å². The van der Waals surface area contributed by atoms with Gasteiger partial charge in [0.1, 0.15) is 0 Å². The molecule has 1 aliphatic heterocycles. The number of nitrogens with one attached hydrogen (secondary N) is 1. The number of rotatable bonds is 7. The molecule has 84 valence electrons. The van der Waals surface area contributed by atoms with Crippen molar-refractivity contribution in [2.24, 2.45) is 0 Å². The Kier molecular flexibility index (Phi) is 6.33. The van der Waals surface area contributed by atoms with Gasteiger partial charge in [0, 0.05) is 12.3 Å². The summed E-state index contributed by atoms with van der Waals surface area (Å²) in [5.41, 5.74) is -0.414. The summed E-state index contributed by atoms with van der Waals surface area (Å²) in [4.78, 5) is 0. The zero-order valence-electron chi connectivity index (χ0n) is 8.92. The molecule has 0 aromatic heterocycles. The fourth-order valence-corrected chi connectivity index (χ4v) is 3.43. The molecule has 0 aromatic rings. The second-order valence-corrected chi connectivity index (χ2v) is 6.25. The van der Waals surface area contributed by atoms with Crippen LogP contribution < -0.4 is 5.32 Å². The fraction of sp³-hybridized carbons (Fsp3) is 1.00. The molecule has 1 aliphatic rings. The first-order valence-electron chi connectivity index (χ1n) is 5.35. The van der Waals surface area contributed by atoms with Crippen LogP contribution in [0.25, 0.3) is 0 Å². The van der Waals surface area contributed by atoms with Crippen LogP contribution in [0.4, 0.5) is 0 Å². The molecule has 14 heavy (non-hydrogen) atoms. The lowest BCUT2D eigenvalue weighted by Crippen LogP contribution is -2.40. The lowest BCUT2D eigenvalue weighted by atomic mass is 10.0. The Morgan fingerprint density at radius 3 is 3.07 bits per heavy atom. The molecule has 0 radical (unpaired) electrons. The summed E-state index contributed by atoms with van der Waals surface area (Å²) in [6.07, 6.45) is 2.16. The summed E-state index contributed by atoms with van der Waals surface area (Å²) in [6, 6.07) is 0. The van der Waals surface area contributed by atoms with Gasteiger partial charge >= 0.3 is 0 Å². The highest BCUT2D eigenvalue weighted by molar-refractivity contribution is 7.99. The van der Waals surface area contributed by atoms with Gasteiger partial charge in [-0.3, -0.25) is 0 Å². The molecule has 0 saturated carbocycles. The number of hydrogen-bond donors (Lipinski definition) is 2. The third kappa shape index (κ3) is 4.91. The van der Waals surface area contributed by atoms with Crippen LogP contribution in [0, 0.1) is 0 Å². The van der Waals surface area contributed by atoms with Gasteiger partial charge in [-0.2, -0.15) is 23.5 Å². The van der Waals surface area contributed by atoms with E-state index in [4.69, 9.17) is 0 Å². The van der Waals surface area contributed by atoms with Gasteiger partial charge < -0.3 is 10.4 Å². The maximum atomic E-state index is 10.0. The Labute approximate surface area is 95.6 Å². The van der Waals surface area contributed by atoms with Gasteiger partial charge in [-0.05, 0) is 36.6 Å². The first-order chi connectivity index (χ1) is 6.77. The van der Waals surface area contributed by atoms with Crippen molar-refractivity contribution in [3.63, 3.8) is 0 Å². The second-order valence-electron chi connectivity index (χ2n) is 3.75. The molecule has 1 rings (SSSR count). The Morgan fingerprint density at radius 2 is 2.43 bits per heavy atom. The quantitative estimate of drug-likeness (QED) is 0.656. The van der Waals surface area contributed by atoms with Crippen LogP contribution in [0.5, 0.6) is 0 Å². The van der Waals surface area contributed by atoms with Crippen molar-refractivity contribution in [3.8, 4) is 0 Å².